The summed E-state index contributed by atoms with van der Waals surface area (Å²) in [7, 11) is 0. The van der Waals surface area contributed by atoms with Crippen molar-refractivity contribution < 1.29 is 9.59 Å². The van der Waals surface area contributed by atoms with Gasteiger partial charge in [0.05, 0.1) is 11.6 Å². The molecule has 0 radical (unpaired) electrons. The minimum atomic E-state index is -0.448. The van der Waals surface area contributed by atoms with Gasteiger partial charge in [-0.15, -0.1) is 5.10 Å². The summed E-state index contributed by atoms with van der Waals surface area (Å²) in [4.78, 5) is 24.1. The van der Waals surface area contributed by atoms with E-state index in [2.05, 4.69) is 10.2 Å². The highest BCUT2D eigenvalue weighted by Crippen LogP contribution is 2.22. The zero-order chi connectivity index (χ0) is 11.7. The van der Waals surface area contributed by atoms with Crippen LogP contribution in [0.4, 0.5) is 5.82 Å². The van der Waals surface area contributed by atoms with Crippen LogP contribution >= 0.6 is 0 Å². The number of anilines is 1. The number of aryl methyl sites for hydroxylation is 1. The van der Waals surface area contributed by atoms with Gasteiger partial charge in [0.1, 0.15) is 0 Å². The number of nitrogens with zero attached hydrogens (tertiary/aromatic N) is 3. The lowest BCUT2D eigenvalue weighted by Gasteiger charge is -2.13. The Kier molecular flexibility index (Phi) is 2.55. The van der Waals surface area contributed by atoms with Crippen LogP contribution < -0.4 is 10.6 Å². The molecule has 2 heterocycles. The SMILES string of the molecule is Cc1ccc(N2CC(C(N)=O)CC2=O)nn1. The molecule has 0 aliphatic carbocycles. The van der Waals surface area contributed by atoms with Crippen LogP contribution in [0, 0.1) is 12.8 Å². The van der Waals surface area contributed by atoms with Gasteiger partial charge in [-0.05, 0) is 19.1 Å². The van der Waals surface area contributed by atoms with Crippen molar-refractivity contribution in [3.05, 3.63) is 17.8 Å². The molecule has 6 nitrogen and oxygen atoms in total. The summed E-state index contributed by atoms with van der Waals surface area (Å²) in [6.07, 6.45) is 0.158. The standard InChI is InChI=1S/C10H12N4O2/c1-6-2-3-8(13-12-6)14-5-7(10(11)16)4-9(14)15/h2-3,7H,4-5H2,1H3,(H2,11,16). The first-order chi connectivity index (χ1) is 7.58. The van der Waals surface area contributed by atoms with Gasteiger partial charge in [0.25, 0.3) is 0 Å². The third-order valence-electron chi connectivity index (χ3n) is 2.59. The van der Waals surface area contributed by atoms with E-state index in [0.717, 1.165) is 5.69 Å². The predicted molar refractivity (Wildman–Crippen MR) is 56.4 cm³/mol. The monoisotopic (exact) mass is 220 g/mol. The second-order valence-corrected chi connectivity index (χ2v) is 3.84. The van der Waals surface area contributed by atoms with Crippen LogP contribution in [-0.4, -0.2) is 28.6 Å². The quantitative estimate of drug-likeness (QED) is 0.735. The number of aromatic nitrogens is 2. The maximum Gasteiger partial charge on any atom is 0.229 e. The zero-order valence-corrected chi connectivity index (χ0v) is 8.88. The second-order valence-electron chi connectivity index (χ2n) is 3.84. The van der Waals surface area contributed by atoms with Gasteiger partial charge < -0.3 is 5.73 Å². The fourth-order valence-corrected chi connectivity index (χ4v) is 1.66. The Morgan fingerprint density at radius 3 is 2.75 bits per heavy atom. The molecule has 1 aliphatic rings. The smallest absolute Gasteiger partial charge is 0.229 e. The van der Waals surface area contributed by atoms with Gasteiger partial charge in [-0.25, -0.2) is 0 Å². The molecule has 0 aromatic carbocycles. The first-order valence-electron chi connectivity index (χ1n) is 4.98. The summed E-state index contributed by atoms with van der Waals surface area (Å²) < 4.78 is 0. The number of primary amides is 1. The predicted octanol–water partition coefficient (Wildman–Crippen LogP) is -0.377. The molecule has 1 fully saturated rings. The number of rotatable bonds is 2. The van der Waals surface area contributed by atoms with Crippen molar-refractivity contribution in [1.82, 2.24) is 10.2 Å². The van der Waals surface area contributed by atoms with Gasteiger partial charge in [0.2, 0.25) is 11.8 Å². The Bertz CT molecular complexity index is 429. The summed E-state index contributed by atoms with van der Waals surface area (Å²) in [5.41, 5.74) is 5.95. The lowest BCUT2D eigenvalue weighted by Crippen LogP contribution is -2.29. The molecule has 2 amide bonds. The number of hydrogen-bond acceptors (Lipinski definition) is 4. The Morgan fingerprint density at radius 1 is 1.50 bits per heavy atom. The first kappa shape index (κ1) is 10.5. The van der Waals surface area contributed by atoms with E-state index in [1.54, 1.807) is 12.1 Å². The van der Waals surface area contributed by atoms with Gasteiger partial charge in [0.15, 0.2) is 5.82 Å². The number of hydrogen-bond donors (Lipinski definition) is 1. The largest absolute Gasteiger partial charge is 0.369 e. The van der Waals surface area contributed by atoms with E-state index < -0.39 is 11.8 Å². The molecule has 84 valence electrons. The Hall–Kier alpha value is -1.98. The van der Waals surface area contributed by atoms with E-state index >= 15 is 0 Å². The number of nitrogens with two attached hydrogens (primary N) is 1. The van der Waals surface area contributed by atoms with Gasteiger partial charge in [0, 0.05) is 13.0 Å². The summed E-state index contributed by atoms with van der Waals surface area (Å²) in [6.45, 7) is 2.11. The summed E-state index contributed by atoms with van der Waals surface area (Å²) in [5, 5.41) is 7.78. The fraction of sp³-hybridized carbons (Fsp3) is 0.400. The van der Waals surface area contributed by atoms with Crippen molar-refractivity contribution in [1.29, 1.82) is 0 Å². The van der Waals surface area contributed by atoms with E-state index in [1.165, 1.54) is 4.90 Å². The molecule has 1 aromatic heterocycles. The van der Waals surface area contributed by atoms with E-state index in [9.17, 15) is 9.59 Å². The molecule has 1 unspecified atom stereocenters. The third-order valence-corrected chi connectivity index (χ3v) is 2.59. The van der Waals surface area contributed by atoms with Crippen molar-refractivity contribution >= 4 is 17.6 Å². The highest BCUT2D eigenvalue weighted by atomic mass is 16.2. The van der Waals surface area contributed by atoms with Crippen LogP contribution in [0.5, 0.6) is 0 Å². The van der Waals surface area contributed by atoms with Crippen LogP contribution in [0.2, 0.25) is 0 Å². The zero-order valence-electron chi connectivity index (χ0n) is 8.88. The van der Waals surface area contributed by atoms with E-state index in [4.69, 9.17) is 5.73 Å². The van der Waals surface area contributed by atoms with Crippen LogP contribution in [0.25, 0.3) is 0 Å². The van der Waals surface area contributed by atoms with Crippen LogP contribution in [0.15, 0.2) is 12.1 Å². The van der Waals surface area contributed by atoms with Crippen LogP contribution in [0.3, 0.4) is 0 Å². The first-order valence-corrected chi connectivity index (χ1v) is 4.98. The molecule has 16 heavy (non-hydrogen) atoms. The van der Waals surface area contributed by atoms with Crippen molar-refractivity contribution in [2.24, 2.45) is 11.7 Å². The minimum absolute atomic E-state index is 0.137. The summed E-state index contributed by atoms with van der Waals surface area (Å²) in [5.74, 6) is -0.534. The van der Waals surface area contributed by atoms with Gasteiger partial charge in [-0.3, -0.25) is 14.5 Å². The molecular formula is C10H12N4O2. The molecule has 6 heteroatoms. The van der Waals surface area contributed by atoms with Crippen LogP contribution in [-0.2, 0) is 9.59 Å². The Morgan fingerprint density at radius 2 is 2.25 bits per heavy atom. The summed E-state index contributed by atoms with van der Waals surface area (Å²) >= 11 is 0. The molecule has 1 aromatic rings. The molecule has 0 bridgehead atoms. The minimum Gasteiger partial charge on any atom is -0.369 e. The lowest BCUT2D eigenvalue weighted by atomic mass is 10.1. The van der Waals surface area contributed by atoms with Crippen LogP contribution in [0.1, 0.15) is 12.1 Å². The van der Waals surface area contributed by atoms with Crippen molar-refractivity contribution in [2.75, 3.05) is 11.4 Å². The maximum absolute atomic E-state index is 11.6. The topological polar surface area (TPSA) is 89.2 Å². The highest BCUT2D eigenvalue weighted by Gasteiger charge is 2.34. The van der Waals surface area contributed by atoms with Gasteiger partial charge >= 0.3 is 0 Å². The van der Waals surface area contributed by atoms with Gasteiger partial charge in [-0.1, -0.05) is 0 Å². The number of carbonyl (C=O) groups excluding carboxylic acids is 2. The summed E-state index contributed by atoms with van der Waals surface area (Å²) in [6, 6.07) is 3.48. The van der Waals surface area contributed by atoms with E-state index in [1.807, 2.05) is 6.92 Å². The highest BCUT2D eigenvalue weighted by molar-refractivity contribution is 5.99. The molecular weight excluding hydrogens is 208 g/mol. The molecule has 0 spiro atoms. The fourth-order valence-electron chi connectivity index (χ4n) is 1.66. The van der Waals surface area contributed by atoms with Crippen molar-refractivity contribution in [2.45, 2.75) is 13.3 Å². The molecule has 2 rings (SSSR count). The normalized spacial score (nSPS) is 20.2. The van der Waals surface area contributed by atoms with Gasteiger partial charge in [-0.2, -0.15) is 5.10 Å². The average molecular weight is 220 g/mol. The average Bonchev–Trinajstić information content (AvgIpc) is 2.62. The number of amides is 2. The molecule has 1 atom stereocenters. The van der Waals surface area contributed by atoms with Crippen molar-refractivity contribution in [3.63, 3.8) is 0 Å². The lowest BCUT2D eigenvalue weighted by molar-refractivity contribution is -0.123. The molecule has 0 saturated carbocycles. The Labute approximate surface area is 92.4 Å². The van der Waals surface area contributed by atoms with E-state index in [-0.39, 0.29) is 12.3 Å². The molecule has 2 N–H and O–H groups in total. The Balaban J connectivity index is 2.20. The second kappa shape index (κ2) is 3.88. The maximum atomic E-state index is 11.6. The number of carbonyl (C=O) groups is 2. The third kappa shape index (κ3) is 1.86. The molecule has 1 aliphatic heterocycles. The van der Waals surface area contributed by atoms with Crippen molar-refractivity contribution in [3.8, 4) is 0 Å². The van der Waals surface area contributed by atoms with E-state index in [0.29, 0.717) is 12.4 Å². The molecule has 1 saturated heterocycles.